The average Bonchev–Trinajstić information content (AvgIpc) is 2.97. The van der Waals surface area contributed by atoms with Gasteiger partial charge < -0.3 is 18.9 Å². The predicted molar refractivity (Wildman–Crippen MR) is 148 cm³/mol. The smallest absolute Gasteiger partial charge is 0.417 e. The summed E-state index contributed by atoms with van der Waals surface area (Å²) in [5, 5.41) is 3.23. The number of pyridine rings is 1. The lowest BCUT2D eigenvalue weighted by molar-refractivity contribution is 0.214. The molecule has 0 unspecified atom stereocenters. The van der Waals surface area contributed by atoms with Crippen molar-refractivity contribution in [3.8, 4) is 34.4 Å². The van der Waals surface area contributed by atoms with Gasteiger partial charge in [-0.2, -0.15) is 0 Å². The van der Waals surface area contributed by atoms with E-state index in [0.717, 1.165) is 27.5 Å². The Hall–Kier alpha value is -5.65. The highest BCUT2D eigenvalue weighted by Gasteiger charge is 2.17. The van der Waals surface area contributed by atoms with E-state index in [-0.39, 0.29) is 5.69 Å². The monoisotopic (exact) mass is 558 g/mol. The van der Waals surface area contributed by atoms with Crippen LogP contribution in [-0.4, -0.2) is 34.4 Å². The Morgan fingerprint density at radius 3 is 2.24 bits per heavy atom. The molecule has 3 aromatic carbocycles. The summed E-state index contributed by atoms with van der Waals surface area (Å²) in [6.45, 7) is 0. The molecule has 208 valence electrons. The molecule has 5 aromatic rings. The first-order valence-corrected chi connectivity index (χ1v) is 12.1. The number of rotatable bonds is 7. The van der Waals surface area contributed by atoms with Crippen LogP contribution in [0.3, 0.4) is 0 Å². The molecule has 5 rings (SSSR count). The second-order valence-corrected chi connectivity index (χ2v) is 8.68. The van der Waals surface area contributed by atoms with E-state index in [1.165, 1.54) is 26.3 Å². The van der Waals surface area contributed by atoms with Gasteiger partial charge in [0.1, 0.15) is 17.3 Å². The molecule has 0 fully saturated rings. The van der Waals surface area contributed by atoms with Crippen molar-refractivity contribution in [1.29, 1.82) is 0 Å². The van der Waals surface area contributed by atoms with Crippen LogP contribution in [0.25, 0.3) is 16.6 Å². The number of aromatic nitrogens is 3. The number of ether oxygens (including phenoxy) is 4. The molecule has 2 aromatic heterocycles. The molecule has 0 aliphatic rings. The highest BCUT2D eigenvalue weighted by molar-refractivity contribution is 5.88. The molecule has 12 heteroatoms. The number of amides is 1. The first-order valence-electron chi connectivity index (χ1n) is 12.1. The van der Waals surface area contributed by atoms with Gasteiger partial charge in [-0.15, -0.1) is 0 Å². The Kier molecular flexibility index (Phi) is 7.37. The van der Waals surface area contributed by atoms with Gasteiger partial charge in [-0.3, -0.25) is 19.7 Å². The van der Waals surface area contributed by atoms with Crippen LogP contribution < -0.4 is 35.5 Å². The number of benzene rings is 3. The number of nitrogens with one attached hydrogen (secondary N) is 1. The standard InChI is InChI=1S/C29H23FN4O7/c1-33-16-26(27(35)34(29(33)37)19-8-4-17(30)5-9-19)41-28(36)32-18-6-10-20(11-7-18)40-23-12-13-31-22-15-25(39-3)24(38-2)14-21(22)23/h4-16H,1-3H3,(H,32,36). The number of hydrogen-bond acceptors (Lipinski definition) is 8. The minimum absolute atomic E-state index is 0.123. The van der Waals surface area contributed by atoms with E-state index < -0.39 is 28.9 Å². The second-order valence-electron chi connectivity index (χ2n) is 8.68. The Balaban J connectivity index is 1.32. The van der Waals surface area contributed by atoms with Crippen LogP contribution >= 0.6 is 0 Å². The fourth-order valence-electron chi connectivity index (χ4n) is 4.04. The molecule has 0 aliphatic carbocycles. The summed E-state index contributed by atoms with van der Waals surface area (Å²) in [5.74, 6) is 1.15. The molecule has 0 bridgehead atoms. The topological polar surface area (TPSA) is 123 Å². The SMILES string of the molecule is COc1cc2nccc(Oc3ccc(NC(=O)Oc4cn(C)c(=O)n(-c5ccc(F)cc5)c4=O)cc3)c2cc1OC. The summed E-state index contributed by atoms with van der Waals surface area (Å²) < 4.78 is 37.2. The number of carbonyl (C=O) groups is 1. The minimum atomic E-state index is -0.957. The fraction of sp³-hybridized carbons (Fsp3) is 0.103. The molecule has 11 nitrogen and oxygen atoms in total. The molecule has 0 saturated heterocycles. The van der Waals surface area contributed by atoms with Crippen LogP contribution in [0.2, 0.25) is 0 Å². The van der Waals surface area contributed by atoms with Gasteiger partial charge in [0, 0.05) is 30.4 Å². The van der Waals surface area contributed by atoms with Crippen molar-refractivity contribution < 1.29 is 28.1 Å². The number of hydrogen-bond donors (Lipinski definition) is 1. The number of aryl methyl sites for hydroxylation is 1. The maximum atomic E-state index is 13.3. The van der Waals surface area contributed by atoms with E-state index in [1.54, 1.807) is 55.8 Å². The van der Waals surface area contributed by atoms with Gasteiger partial charge in [-0.1, -0.05) is 0 Å². The van der Waals surface area contributed by atoms with Crippen molar-refractivity contribution in [2.24, 2.45) is 7.05 Å². The molecular weight excluding hydrogens is 535 g/mol. The van der Waals surface area contributed by atoms with Crippen molar-refractivity contribution in [1.82, 2.24) is 14.1 Å². The van der Waals surface area contributed by atoms with Gasteiger partial charge in [0.05, 0.1) is 31.6 Å². The van der Waals surface area contributed by atoms with Crippen LogP contribution in [0, 0.1) is 5.82 Å². The number of methoxy groups -OCH3 is 2. The number of nitrogens with zero attached hydrogens (tertiary/aromatic N) is 3. The maximum absolute atomic E-state index is 13.3. The fourth-order valence-corrected chi connectivity index (χ4v) is 4.04. The molecule has 0 radical (unpaired) electrons. The number of fused-ring (bicyclic) bond motifs is 1. The van der Waals surface area contributed by atoms with Crippen molar-refractivity contribution in [3.05, 3.63) is 106 Å². The first kappa shape index (κ1) is 26.9. The largest absolute Gasteiger partial charge is 0.493 e. The predicted octanol–water partition coefficient (Wildman–Crippen LogP) is 4.64. The van der Waals surface area contributed by atoms with Crippen LogP contribution in [0.1, 0.15) is 0 Å². The van der Waals surface area contributed by atoms with Crippen molar-refractivity contribution in [2.75, 3.05) is 19.5 Å². The van der Waals surface area contributed by atoms with E-state index in [4.69, 9.17) is 18.9 Å². The third kappa shape index (κ3) is 5.57. The zero-order valence-electron chi connectivity index (χ0n) is 22.1. The van der Waals surface area contributed by atoms with Gasteiger partial charge in [0.2, 0.25) is 5.75 Å². The van der Waals surface area contributed by atoms with Crippen LogP contribution in [0.4, 0.5) is 14.9 Å². The van der Waals surface area contributed by atoms with Crippen molar-refractivity contribution in [3.63, 3.8) is 0 Å². The van der Waals surface area contributed by atoms with Crippen LogP contribution in [0.5, 0.6) is 28.7 Å². The molecule has 0 atom stereocenters. The van der Waals surface area contributed by atoms with Gasteiger partial charge in [-0.05, 0) is 60.7 Å². The van der Waals surface area contributed by atoms with E-state index in [9.17, 15) is 18.8 Å². The lowest BCUT2D eigenvalue weighted by Crippen LogP contribution is -2.38. The van der Waals surface area contributed by atoms with E-state index in [2.05, 4.69) is 10.3 Å². The zero-order chi connectivity index (χ0) is 29.1. The molecule has 0 saturated carbocycles. The Morgan fingerprint density at radius 2 is 1.56 bits per heavy atom. The summed E-state index contributed by atoms with van der Waals surface area (Å²) in [4.78, 5) is 42.4. The lowest BCUT2D eigenvalue weighted by Gasteiger charge is -2.13. The highest BCUT2D eigenvalue weighted by Crippen LogP contribution is 2.37. The van der Waals surface area contributed by atoms with Crippen LogP contribution in [-0.2, 0) is 7.05 Å². The third-order valence-corrected chi connectivity index (χ3v) is 6.04. The molecule has 0 spiro atoms. The highest BCUT2D eigenvalue weighted by atomic mass is 19.1. The van der Waals surface area contributed by atoms with Crippen molar-refractivity contribution >= 4 is 22.7 Å². The summed E-state index contributed by atoms with van der Waals surface area (Å²) in [7, 11) is 4.47. The average molecular weight is 559 g/mol. The Labute approximate surface area is 231 Å². The van der Waals surface area contributed by atoms with Gasteiger partial charge in [0.25, 0.3) is 0 Å². The zero-order valence-corrected chi connectivity index (χ0v) is 22.1. The summed E-state index contributed by atoms with van der Waals surface area (Å²) >= 11 is 0. The van der Waals surface area contributed by atoms with Crippen molar-refractivity contribution in [2.45, 2.75) is 0 Å². The second kappa shape index (κ2) is 11.2. The summed E-state index contributed by atoms with van der Waals surface area (Å²) in [6, 6.07) is 16.4. The Morgan fingerprint density at radius 1 is 0.878 bits per heavy atom. The minimum Gasteiger partial charge on any atom is -0.493 e. The lowest BCUT2D eigenvalue weighted by atomic mass is 10.2. The van der Waals surface area contributed by atoms with Crippen LogP contribution in [0.15, 0.2) is 88.7 Å². The summed E-state index contributed by atoms with van der Waals surface area (Å²) in [6.07, 6.45) is 1.75. The Bertz CT molecular complexity index is 1870. The van der Waals surface area contributed by atoms with Gasteiger partial charge >= 0.3 is 17.3 Å². The maximum Gasteiger partial charge on any atom is 0.417 e. The molecular formula is C29H23FN4O7. The molecule has 1 N–H and O–H groups in total. The number of halogens is 1. The van der Waals surface area contributed by atoms with Gasteiger partial charge in [-0.25, -0.2) is 18.5 Å². The molecule has 0 aliphatic heterocycles. The first-order chi connectivity index (χ1) is 19.8. The third-order valence-electron chi connectivity index (χ3n) is 6.04. The number of carbonyl (C=O) groups excluding carboxylic acids is 1. The summed E-state index contributed by atoms with van der Waals surface area (Å²) in [5.41, 5.74) is -0.435. The normalized spacial score (nSPS) is 10.7. The molecule has 2 heterocycles. The van der Waals surface area contributed by atoms with E-state index in [1.807, 2.05) is 0 Å². The number of anilines is 1. The van der Waals surface area contributed by atoms with Gasteiger partial charge in [0.15, 0.2) is 11.5 Å². The molecule has 41 heavy (non-hydrogen) atoms. The van der Waals surface area contributed by atoms with E-state index in [0.29, 0.717) is 39.6 Å². The quantitative estimate of drug-likeness (QED) is 0.307. The molecule has 1 amide bonds. The van der Waals surface area contributed by atoms with E-state index >= 15 is 0 Å².